The van der Waals surface area contributed by atoms with Crippen molar-refractivity contribution in [2.45, 2.75) is 13.1 Å². The van der Waals surface area contributed by atoms with Crippen molar-refractivity contribution in [3.05, 3.63) is 65.2 Å². The minimum atomic E-state index is -0.112. The van der Waals surface area contributed by atoms with E-state index in [9.17, 15) is 4.79 Å². The molecule has 0 saturated carbocycles. The molecule has 0 aliphatic heterocycles. The second-order valence-corrected chi connectivity index (χ2v) is 5.07. The maximum Gasteiger partial charge on any atom is 0.251 e. The maximum atomic E-state index is 12.1. The van der Waals surface area contributed by atoms with E-state index in [-0.39, 0.29) is 5.91 Å². The average molecular weight is 314 g/mol. The first-order valence-electron chi connectivity index (χ1n) is 7.51. The van der Waals surface area contributed by atoms with E-state index < -0.39 is 0 Å². The molecule has 0 bridgehead atoms. The fourth-order valence-electron chi connectivity index (χ4n) is 2.06. The number of amides is 1. The van der Waals surface area contributed by atoms with Gasteiger partial charge in [0.2, 0.25) is 0 Å². The Morgan fingerprint density at radius 2 is 1.87 bits per heavy atom. The van der Waals surface area contributed by atoms with Crippen LogP contribution in [0, 0.1) is 0 Å². The summed E-state index contributed by atoms with van der Waals surface area (Å²) in [6.07, 6.45) is 0. The first kappa shape index (κ1) is 17.0. The van der Waals surface area contributed by atoms with E-state index in [2.05, 4.69) is 5.32 Å². The summed E-state index contributed by atoms with van der Waals surface area (Å²) < 4.78 is 10.5. The van der Waals surface area contributed by atoms with Crippen molar-refractivity contribution in [2.75, 3.05) is 20.3 Å². The lowest BCUT2D eigenvalue weighted by Crippen LogP contribution is -2.22. The van der Waals surface area contributed by atoms with E-state index in [1.165, 1.54) is 0 Å². The molecule has 0 aliphatic rings. The number of nitrogens with two attached hydrogens (primary N) is 1. The molecule has 0 radical (unpaired) electrons. The lowest BCUT2D eigenvalue weighted by molar-refractivity contribution is 0.0951. The Morgan fingerprint density at radius 3 is 2.57 bits per heavy atom. The van der Waals surface area contributed by atoms with Crippen molar-refractivity contribution < 1.29 is 14.3 Å². The molecule has 0 aliphatic carbocycles. The van der Waals surface area contributed by atoms with Gasteiger partial charge in [0.1, 0.15) is 12.4 Å². The van der Waals surface area contributed by atoms with Gasteiger partial charge < -0.3 is 20.5 Å². The minimum Gasteiger partial charge on any atom is -0.491 e. The van der Waals surface area contributed by atoms with E-state index >= 15 is 0 Å². The number of hydrogen-bond acceptors (Lipinski definition) is 4. The molecule has 0 unspecified atom stereocenters. The predicted molar refractivity (Wildman–Crippen MR) is 89.3 cm³/mol. The van der Waals surface area contributed by atoms with Crippen LogP contribution in [0.3, 0.4) is 0 Å². The summed E-state index contributed by atoms with van der Waals surface area (Å²) >= 11 is 0. The molecular weight excluding hydrogens is 292 g/mol. The van der Waals surface area contributed by atoms with Gasteiger partial charge in [-0.3, -0.25) is 4.79 Å². The van der Waals surface area contributed by atoms with Crippen LogP contribution in [0.15, 0.2) is 48.5 Å². The topological polar surface area (TPSA) is 73.6 Å². The number of hydrogen-bond donors (Lipinski definition) is 2. The van der Waals surface area contributed by atoms with E-state index in [4.69, 9.17) is 15.2 Å². The Morgan fingerprint density at radius 1 is 1.09 bits per heavy atom. The lowest BCUT2D eigenvalue weighted by atomic mass is 10.1. The maximum absolute atomic E-state index is 12.1. The second kappa shape index (κ2) is 8.92. The molecule has 3 N–H and O–H groups in total. The Bertz CT molecular complexity index is 626. The molecule has 23 heavy (non-hydrogen) atoms. The molecule has 122 valence electrons. The van der Waals surface area contributed by atoms with E-state index in [0.717, 1.165) is 16.9 Å². The number of carbonyl (C=O) groups excluding carboxylic acids is 1. The summed E-state index contributed by atoms with van der Waals surface area (Å²) in [5, 5.41) is 2.90. The molecule has 2 aromatic carbocycles. The number of rotatable bonds is 8. The highest BCUT2D eigenvalue weighted by atomic mass is 16.5. The van der Waals surface area contributed by atoms with Crippen LogP contribution in [0.2, 0.25) is 0 Å². The monoisotopic (exact) mass is 314 g/mol. The van der Waals surface area contributed by atoms with Crippen molar-refractivity contribution in [3.8, 4) is 5.75 Å². The quantitative estimate of drug-likeness (QED) is 0.732. The van der Waals surface area contributed by atoms with Gasteiger partial charge in [0.25, 0.3) is 5.91 Å². The summed E-state index contributed by atoms with van der Waals surface area (Å²) in [4.78, 5) is 12.1. The van der Waals surface area contributed by atoms with Gasteiger partial charge in [-0.25, -0.2) is 0 Å². The zero-order chi connectivity index (χ0) is 16.5. The summed E-state index contributed by atoms with van der Waals surface area (Å²) in [5.41, 5.74) is 8.15. The summed E-state index contributed by atoms with van der Waals surface area (Å²) in [6, 6.07) is 14.9. The van der Waals surface area contributed by atoms with Crippen LogP contribution in [0.4, 0.5) is 0 Å². The van der Waals surface area contributed by atoms with Crippen molar-refractivity contribution in [1.82, 2.24) is 5.32 Å². The van der Waals surface area contributed by atoms with Crippen LogP contribution in [-0.2, 0) is 17.8 Å². The molecule has 5 nitrogen and oxygen atoms in total. The molecule has 0 fully saturated rings. The SMILES string of the molecule is COCCOc1cccc(CNC(=O)c2ccc(CN)cc2)c1. The normalized spacial score (nSPS) is 10.3. The highest BCUT2D eigenvalue weighted by molar-refractivity contribution is 5.94. The average Bonchev–Trinajstić information content (AvgIpc) is 2.60. The second-order valence-electron chi connectivity index (χ2n) is 5.07. The van der Waals surface area contributed by atoms with Gasteiger partial charge in [0.15, 0.2) is 0 Å². The number of nitrogens with one attached hydrogen (secondary N) is 1. The molecule has 0 spiro atoms. The van der Waals surface area contributed by atoms with Gasteiger partial charge >= 0.3 is 0 Å². The van der Waals surface area contributed by atoms with E-state index in [1.807, 2.05) is 36.4 Å². The molecule has 1 amide bonds. The first-order chi connectivity index (χ1) is 11.2. The molecular formula is C18H22N2O3. The Balaban J connectivity index is 1.89. The first-order valence-corrected chi connectivity index (χ1v) is 7.51. The minimum absolute atomic E-state index is 0.112. The molecule has 5 heteroatoms. The van der Waals surface area contributed by atoms with Gasteiger partial charge in [-0.15, -0.1) is 0 Å². The van der Waals surface area contributed by atoms with Crippen molar-refractivity contribution >= 4 is 5.91 Å². The Labute approximate surface area is 136 Å². The molecule has 0 heterocycles. The van der Waals surface area contributed by atoms with Crippen LogP contribution in [0.1, 0.15) is 21.5 Å². The zero-order valence-electron chi connectivity index (χ0n) is 13.2. The number of ether oxygens (including phenoxy) is 2. The Kier molecular flexibility index (Phi) is 6.59. The number of methoxy groups -OCH3 is 1. The van der Waals surface area contributed by atoms with Crippen LogP contribution in [0.25, 0.3) is 0 Å². The highest BCUT2D eigenvalue weighted by Gasteiger charge is 2.05. The summed E-state index contributed by atoms with van der Waals surface area (Å²) in [5.74, 6) is 0.653. The third kappa shape index (κ3) is 5.39. The van der Waals surface area contributed by atoms with Crippen molar-refractivity contribution in [3.63, 3.8) is 0 Å². The van der Waals surface area contributed by atoms with Crippen LogP contribution >= 0.6 is 0 Å². The zero-order valence-corrected chi connectivity index (χ0v) is 13.2. The molecule has 0 atom stereocenters. The van der Waals surface area contributed by atoms with Crippen LogP contribution in [0.5, 0.6) is 5.75 Å². The molecule has 0 aromatic heterocycles. The largest absolute Gasteiger partial charge is 0.491 e. The summed E-state index contributed by atoms with van der Waals surface area (Å²) in [6.45, 7) is 1.95. The van der Waals surface area contributed by atoms with Crippen molar-refractivity contribution in [1.29, 1.82) is 0 Å². The van der Waals surface area contributed by atoms with Gasteiger partial charge in [-0.1, -0.05) is 24.3 Å². The smallest absolute Gasteiger partial charge is 0.251 e. The predicted octanol–water partition coefficient (Wildman–Crippen LogP) is 2.10. The lowest BCUT2D eigenvalue weighted by Gasteiger charge is -2.09. The van der Waals surface area contributed by atoms with Crippen LogP contribution in [-0.4, -0.2) is 26.2 Å². The van der Waals surface area contributed by atoms with Crippen LogP contribution < -0.4 is 15.8 Å². The van der Waals surface area contributed by atoms with Gasteiger partial charge in [0, 0.05) is 25.8 Å². The standard InChI is InChI=1S/C18H22N2O3/c1-22-9-10-23-17-4-2-3-15(11-17)13-20-18(21)16-7-5-14(12-19)6-8-16/h2-8,11H,9-10,12-13,19H2,1H3,(H,20,21). The third-order valence-corrected chi connectivity index (χ3v) is 3.36. The number of benzene rings is 2. The van der Waals surface area contributed by atoms with E-state index in [0.29, 0.717) is 31.9 Å². The number of carbonyl (C=O) groups is 1. The van der Waals surface area contributed by atoms with Gasteiger partial charge in [-0.05, 0) is 35.4 Å². The highest BCUT2D eigenvalue weighted by Crippen LogP contribution is 2.13. The molecule has 2 rings (SSSR count). The van der Waals surface area contributed by atoms with Crippen molar-refractivity contribution in [2.24, 2.45) is 5.73 Å². The van der Waals surface area contributed by atoms with E-state index in [1.54, 1.807) is 19.2 Å². The summed E-state index contributed by atoms with van der Waals surface area (Å²) in [7, 11) is 1.63. The van der Waals surface area contributed by atoms with Gasteiger partial charge in [-0.2, -0.15) is 0 Å². The van der Waals surface area contributed by atoms with Gasteiger partial charge in [0.05, 0.1) is 6.61 Å². The molecule has 0 saturated heterocycles. The fourth-order valence-corrected chi connectivity index (χ4v) is 2.06. The fraction of sp³-hybridized carbons (Fsp3) is 0.278. The molecule has 2 aromatic rings. The third-order valence-electron chi connectivity index (χ3n) is 3.36. The Hall–Kier alpha value is -2.37.